The Balaban J connectivity index is 0.00000242. The fourth-order valence-electron chi connectivity index (χ4n) is 2.16. The van der Waals surface area contributed by atoms with Crippen LogP contribution in [-0.4, -0.2) is 52.0 Å². The average molecular weight is 369 g/mol. The highest BCUT2D eigenvalue weighted by Crippen LogP contribution is 2.26. The van der Waals surface area contributed by atoms with Crippen molar-refractivity contribution in [3.8, 4) is 0 Å². The van der Waals surface area contributed by atoms with Gasteiger partial charge in [0.15, 0.2) is 0 Å². The largest absolute Gasteiger partial charge is 0.465 e. The number of hydrogen-bond acceptors (Lipinski definition) is 5. The van der Waals surface area contributed by atoms with Gasteiger partial charge < -0.3 is 10.1 Å². The zero-order valence-corrected chi connectivity index (χ0v) is 14.4. The van der Waals surface area contributed by atoms with Crippen LogP contribution < -0.4 is 5.32 Å². The van der Waals surface area contributed by atoms with Gasteiger partial charge in [-0.05, 0) is 31.2 Å². The van der Waals surface area contributed by atoms with E-state index in [9.17, 15) is 13.2 Å². The summed E-state index contributed by atoms with van der Waals surface area (Å²) in [6, 6.07) is 4.07. The second kappa shape index (κ2) is 8.12. The summed E-state index contributed by atoms with van der Waals surface area (Å²) in [7, 11) is -2.40. The Hall–Kier alpha value is -0.860. The molecule has 2 rings (SSSR count). The van der Waals surface area contributed by atoms with Crippen LogP contribution in [0, 0.1) is 0 Å². The van der Waals surface area contributed by atoms with E-state index >= 15 is 0 Å². The van der Waals surface area contributed by atoms with E-state index in [1.54, 1.807) is 0 Å². The molecule has 124 valence electrons. The summed E-state index contributed by atoms with van der Waals surface area (Å²) in [6.07, 6.45) is 0.747. The molecule has 1 aliphatic rings. The molecule has 0 saturated carbocycles. The Morgan fingerprint density at radius 3 is 2.68 bits per heavy atom. The molecule has 1 heterocycles. The molecule has 1 aliphatic heterocycles. The molecule has 0 amide bonds. The quantitative estimate of drug-likeness (QED) is 0.818. The highest BCUT2D eigenvalue weighted by molar-refractivity contribution is 7.89. The first-order chi connectivity index (χ1) is 9.96. The van der Waals surface area contributed by atoms with Crippen LogP contribution in [-0.2, 0) is 14.8 Å². The van der Waals surface area contributed by atoms with Gasteiger partial charge in [-0.3, -0.25) is 0 Å². The Kier molecular flexibility index (Phi) is 7.08. The van der Waals surface area contributed by atoms with Crippen molar-refractivity contribution in [1.82, 2.24) is 9.62 Å². The molecule has 0 aliphatic carbocycles. The van der Waals surface area contributed by atoms with Gasteiger partial charge in [-0.2, -0.15) is 4.31 Å². The number of benzene rings is 1. The number of esters is 1. The minimum Gasteiger partial charge on any atom is -0.465 e. The van der Waals surface area contributed by atoms with Crippen LogP contribution in [0.4, 0.5) is 0 Å². The maximum Gasteiger partial charge on any atom is 0.337 e. The molecule has 0 aromatic heterocycles. The highest BCUT2D eigenvalue weighted by atomic mass is 35.5. The lowest BCUT2D eigenvalue weighted by atomic mass is 10.2. The van der Waals surface area contributed by atoms with Crippen molar-refractivity contribution in [2.75, 3.05) is 33.3 Å². The van der Waals surface area contributed by atoms with Gasteiger partial charge in [-0.15, -0.1) is 12.4 Å². The third-order valence-corrected chi connectivity index (χ3v) is 5.65. The lowest BCUT2D eigenvalue weighted by Crippen LogP contribution is -2.34. The van der Waals surface area contributed by atoms with E-state index in [0.717, 1.165) is 13.0 Å². The maximum absolute atomic E-state index is 12.6. The van der Waals surface area contributed by atoms with Crippen LogP contribution in [0.3, 0.4) is 0 Å². The molecule has 0 bridgehead atoms. The number of carbonyl (C=O) groups excluding carboxylic acids is 1. The van der Waals surface area contributed by atoms with Crippen molar-refractivity contribution >= 4 is 40.0 Å². The van der Waals surface area contributed by atoms with Crippen molar-refractivity contribution < 1.29 is 17.9 Å². The zero-order valence-electron chi connectivity index (χ0n) is 12.0. The number of rotatable bonds is 3. The normalized spacial score (nSPS) is 16.5. The van der Waals surface area contributed by atoms with Crippen LogP contribution in [0.5, 0.6) is 0 Å². The molecule has 1 fully saturated rings. The second-order valence-electron chi connectivity index (χ2n) is 4.64. The van der Waals surface area contributed by atoms with Gasteiger partial charge in [0, 0.05) is 19.6 Å². The minimum atomic E-state index is -3.66. The molecule has 1 aromatic rings. The van der Waals surface area contributed by atoms with Gasteiger partial charge in [0.2, 0.25) is 10.0 Å². The SMILES string of the molecule is COC(=O)c1ccc(S(=O)(=O)N2CCCNCC2)c(Cl)c1.Cl. The average Bonchev–Trinajstić information content (AvgIpc) is 2.75. The van der Waals surface area contributed by atoms with E-state index in [2.05, 4.69) is 10.1 Å². The van der Waals surface area contributed by atoms with Crippen LogP contribution in [0.25, 0.3) is 0 Å². The number of carbonyl (C=O) groups is 1. The maximum atomic E-state index is 12.6. The molecular formula is C13H18Cl2N2O4S. The highest BCUT2D eigenvalue weighted by Gasteiger charge is 2.27. The van der Waals surface area contributed by atoms with E-state index in [0.29, 0.717) is 19.6 Å². The summed E-state index contributed by atoms with van der Waals surface area (Å²) in [5.41, 5.74) is 0.221. The predicted octanol–water partition coefficient (Wildman–Crippen LogP) is 1.53. The summed E-state index contributed by atoms with van der Waals surface area (Å²) < 4.78 is 31.2. The second-order valence-corrected chi connectivity index (χ2v) is 6.96. The third kappa shape index (κ3) is 4.11. The van der Waals surface area contributed by atoms with Gasteiger partial charge in [0.05, 0.1) is 17.7 Å². The van der Waals surface area contributed by atoms with E-state index in [1.165, 1.54) is 29.6 Å². The van der Waals surface area contributed by atoms with Crippen LogP contribution in [0.1, 0.15) is 16.8 Å². The number of halogens is 2. The first-order valence-electron chi connectivity index (χ1n) is 6.55. The Morgan fingerprint density at radius 2 is 2.05 bits per heavy atom. The van der Waals surface area contributed by atoms with E-state index in [-0.39, 0.29) is 27.9 Å². The number of hydrogen-bond donors (Lipinski definition) is 1. The Morgan fingerprint density at radius 1 is 1.32 bits per heavy atom. The fourth-order valence-corrected chi connectivity index (χ4v) is 4.15. The van der Waals surface area contributed by atoms with Crippen molar-refractivity contribution in [2.24, 2.45) is 0 Å². The molecule has 1 N–H and O–H groups in total. The smallest absolute Gasteiger partial charge is 0.337 e. The lowest BCUT2D eigenvalue weighted by molar-refractivity contribution is 0.0600. The Bertz CT molecular complexity index is 629. The number of sulfonamides is 1. The van der Waals surface area contributed by atoms with Gasteiger partial charge >= 0.3 is 5.97 Å². The van der Waals surface area contributed by atoms with Gasteiger partial charge in [-0.1, -0.05) is 11.6 Å². The monoisotopic (exact) mass is 368 g/mol. The number of nitrogens with zero attached hydrogens (tertiary/aromatic N) is 1. The van der Waals surface area contributed by atoms with Gasteiger partial charge in [0.25, 0.3) is 0 Å². The van der Waals surface area contributed by atoms with Crippen LogP contribution in [0.15, 0.2) is 23.1 Å². The molecule has 1 aromatic carbocycles. The summed E-state index contributed by atoms with van der Waals surface area (Å²) in [5.74, 6) is -0.556. The van der Waals surface area contributed by atoms with Crippen LogP contribution in [0.2, 0.25) is 5.02 Å². The Labute approximate surface area is 141 Å². The van der Waals surface area contributed by atoms with E-state index in [1.807, 2.05) is 0 Å². The lowest BCUT2D eigenvalue weighted by Gasteiger charge is -2.20. The number of methoxy groups -OCH3 is 1. The molecule has 6 nitrogen and oxygen atoms in total. The molecular weight excluding hydrogens is 351 g/mol. The van der Waals surface area contributed by atoms with Crippen molar-refractivity contribution in [3.63, 3.8) is 0 Å². The van der Waals surface area contributed by atoms with Crippen LogP contribution >= 0.6 is 24.0 Å². The van der Waals surface area contributed by atoms with Crippen molar-refractivity contribution in [2.45, 2.75) is 11.3 Å². The summed E-state index contributed by atoms with van der Waals surface area (Å²) in [5, 5.41) is 3.17. The molecule has 9 heteroatoms. The van der Waals surface area contributed by atoms with Gasteiger partial charge in [0.1, 0.15) is 4.90 Å². The third-order valence-electron chi connectivity index (χ3n) is 3.27. The first kappa shape index (κ1) is 19.2. The molecule has 0 spiro atoms. The fraction of sp³-hybridized carbons (Fsp3) is 0.462. The number of nitrogens with one attached hydrogen (secondary N) is 1. The minimum absolute atomic E-state index is 0. The first-order valence-corrected chi connectivity index (χ1v) is 8.37. The molecule has 22 heavy (non-hydrogen) atoms. The molecule has 0 unspecified atom stereocenters. The number of ether oxygens (including phenoxy) is 1. The van der Waals surface area contributed by atoms with Crippen molar-refractivity contribution in [1.29, 1.82) is 0 Å². The van der Waals surface area contributed by atoms with Gasteiger partial charge in [-0.25, -0.2) is 13.2 Å². The summed E-state index contributed by atoms with van der Waals surface area (Å²) in [4.78, 5) is 11.4. The summed E-state index contributed by atoms with van der Waals surface area (Å²) in [6.45, 7) is 2.25. The topological polar surface area (TPSA) is 75.7 Å². The van der Waals surface area contributed by atoms with E-state index < -0.39 is 16.0 Å². The predicted molar refractivity (Wildman–Crippen MR) is 86.3 cm³/mol. The molecule has 0 radical (unpaired) electrons. The molecule has 0 atom stereocenters. The summed E-state index contributed by atoms with van der Waals surface area (Å²) >= 11 is 6.05. The van der Waals surface area contributed by atoms with Crippen molar-refractivity contribution in [3.05, 3.63) is 28.8 Å². The standard InChI is InChI=1S/C13H17ClN2O4S.ClH/c1-20-13(17)10-3-4-12(11(14)9-10)21(18,19)16-7-2-5-15-6-8-16;/h3-4,9,15H,2,5-8H2,1H3;1H. The van der Waals surface area contributed by atoms with E-state index in [4.69, 9.17) is 11.6 Å². The zero-order chi connectivity index (χ0) is 15.5. The molecule has 1 saturated heterocycles.